The summed E-state index contributed by atoms with van der Waals surface area (Å²) in [6, 6.07) is 20.6. The van der Waals surface area contributed by atoms with Gasteiger partial charge in [-0.25, -0.2) is 4.98 Å². The molecule has 1 saturated carbocycles. The Hall–Kier alpha value is -2.90. The summed E-state index contributed by atoms with van der Waals surface area (Å²) in [6.07, 6.45) is 0.748. The lowest BCUT2D eigenvalue weighted by Crippen LogP contribution is -2.34. The van der Waals surface area contributed by atoms with Crippen molar-refractivity contribution >= 4 is 22.6 Å². The molecule has 4 atom stereocenters. The fraction of sp³-hybridized carbons (Fsp3) is 0.321. The summed E-state index contributed by atoms with van der Waals surface area (Å²) in [4.78, 5) is 8.45. The lowest BCUT2D eigenvalue weighted by atomic mass is 10.0. The van der Waals surface area contributed by atoms with Gasteiger partial charge in [-0.15, -0.1) is 0 Å². The Kier molecular flexibility index (Phi) is 5.10. The fourth-order valence-electron chi connectivity index (χ4n) is 5.28. The van der Waals surface area contributed by atoms with Gasteiger partial charge in [-0.1, -0.05) is 66.2 Å². The number of aromatic nitrogens is 2. The van der Waals surface area contributed by atoms with Gasteiger partial charge in [0.25, 0.3) is 0 Å². The number of nitrogens with one attached hydrogen (secondary N) is 1. The lowest BCUT2D eigenvalue weighted by molar-refractivity contribution is 0.00777. The number of hydrogen-bond acceptors (Lipinski definition) is 5. The number of pyridine rings is 1. The smallest absolute Gasteiger partial charge is 0.197 e. The Morgan fingerprint density at radius 2 is 1.63 bits per heavy atom. The zero-order valence-corrected chi connectivity index (χ0v) is 19.7. The molecule has 2 saturated heterocycles. The SMILES string of the molecule is O[C@@H]1CO[C@H]2C1OC[C@H]2Oc1[nH]c2cc(Cl)c(-c3ccc(-c4ccccc4)cc3)nc2c1C1CC1. The molecule has 4 heterocycles. The molecular formula is C28H25ClN2O4. The minimum atomic E-state index is -0.601. The molecule has 0 bridgehead atoms. The van der Waals surface area contributed by atoms with Crippen molar-refractivity contribution in [2.24, 2.45) is 0 Å². The maximum absolute atomic E-state index is 10.1. The van der Waals surface area contributed by atoms with Gasteiger partial charge in [-0.3, -0.25) is 0 Å². The van der Waals surface area contributed by atoms with Gasteiger partial charge in [0.15, 0.2) is 12.0 Å². The van der Waals surface area contributed by atoms with E-state index >= 15 is 0 Å². The molecule has 3 aliphatic rings. The first kappa shape index (κ1) is 21.4. The van der Waals surface area contributed by atoms with Crippen molar-refractivity contribution in [3.8, 4) is 28.3 Å². The van der Waals surface area contributed by atoms with Gasteiger partial charge in [0.05, 0.1) is 35.0 Å². The van der Waals surface area contributed by atoms with Crippen LogP contribution in [-0.2, 0) is 9.47 Å². The molecule has 2 aromatic heterocycles. The molecular weight excluding hydrogens is 464 g/mol. The van der Waals surface area contributed by atoms with E-state index in [1.165, 1.54) is 5.56 Å². The maximum atomic E-state index is 10.1. The number of aliphatic hydroxyl groups is 1. The van der Waals surface area contributed by atoms with Crippen molar-refractivity contribution in [1.29, 1.82) is 0 Å². The van der Waals surface area contributed by atoms with Crippen molar-refractivity contribution in [2.75, 3.05) is 13.2 Å². The Labute approximate surface area is 207 Å². The molecule has 7 rings (SSSR count). The Morgan fingerprint density at radius 1 is 0.914 bits per heavy atom. The monoisotopic (exact) mass is 488 g/mol. The summed E-state index contributed by atoms with van der Waals surface area (Å²) in [6.45, 7) is 0.667. The number of aromatic amines is 1. The second-order valence-electron chi connectivity index (χ2n) is 9.62. The van der Waals surface area contributed by atoms with Crippen molar-refractivity contribution in [3.05, 3.63) is 71.2 Å². The molecule has 0 spiro atoms. The van der Waals surface area contributed by atoms with Crippen molar-refractivity contribution in [3.63, 3.8) is 0 Å². The van der Waals surface area contributed by atoms with E-state index in [0.29, 0.717) is 23.4 Å². The summed E-state index contributed by atoms with van der Waals surface area (Å²) in [7, 11) is 0. The molecule has 1 unspecified atom stereocenters. The number of nitrogens with zero attached hydrogens (tertiary/aromatic N) is 1. The molecule has 1 aliphatic carbocycles. The maximum Gasteiger partial charge on any atom is 0.197 e. The Bertz CT molecular complexity index is 1380. The number of halogens is 1. The third-order valence-electron chi connectivity index (χ3n) is 7.23. The molecule has 2 aliphatic heterocycles. The summed E-state index contributed by atoms with van der Waals surface area (Å²) in [5.41, 5.74) is 6.92. The van der Waals surface area contributed by atoms with Crippen LogP contribution in [-0.4, -0.2) is 52.7 Å². The number of fused-ring (bicyclic) bond motifs is 2. The van der Waals surface area contributed by atoms with Gasteiger partial charge in [0, 0.05) is 11.1 Å². The minimum Gasteiger partial charge on any atom is -0.470 e. The number of H-pyrrole nitrogens is 1. The van der Waals surface area contributed by atoms with Crippen LogP contribution in [0.5, 0.6) is 5.88 Å². The molecule has 2 N–H and O–H groups in total. The van der Waals surface area contributed by atoms with Crippen molar-refractivity contribution in [2.45, 2.75) is 43.2 Å². The molecule has 0 radical (unpaired) electrons. The second-order valence-corrected chi connectivity index (χ2v) is 10.0. The van der Waals surface area contributed by atoms with E-state index in [4.69, 9.17) is 30.8 Å². The van der Waals surface area contributed by atoms with Crippen molar-refractivity contribution in [1.82, 2.24) is 9.97 Å². The van der Waals surface area contributed by atoms with Crippen LogP contribution in [0.4, 0.5) is 0 Å². The third kappa shape index (κ3) is 3.72. The van der Waals surface area contributed by atoms with Gasteiger partial charge in [0.1, 0.15) is 18.3 Å². The molecule has 6 nitrogen and oxygen atoms in total. The first-order valence-electron chi connectivity index (χ1n) is 12.1. The van der Waals surface area contributed by atoms with Gasteiger partial charge >= 0.3 is 0 Å². The first-order valence-corrected chi connectivity index (χ1v) is 12.5. The predicted octanol–water partition coefficient (Wildman–Crippen LogP) is 5.33. The van der Waals surface area contributed by atoms with Crippen LogP contribution in [0.1, 0.15) is 24.3 Å². The average Bonchev–Trinajstić information content (AvgIpc) is 3.40. The van der Waals surface area contributed by atoms with E-state index in [0.717, 1.165) is 46.3 Å². The van der Waals surface area contributed by atoms with Crippen LogP contribution in [0.3, 0.4) is 0 Å². The summed E-state index contributed by atoms with van der Waals surface area (Å²) < 4.78 is 17.9. The van der Waals surface area contributed by atoms with E-state index < -0.39 is 6.10 Å². The normalized spacial score (nSPS) is 25.8. The molecule has 0 amide bonds. The van der Waals surface area contributed by atoms with E-state index in [9.17, 15) is 5.11 Å². The third-order valence-corrected chi connectivity index (χ3v) is 7.51. The van der Waals surface area contributed by atoms with Crippen LogP contribution in [0.2, 0.25) is 5.02 Å². The van der Waals surface area contributed by atoms with Crippen LogP contribution < -0.4 is 4.74 Å². The van der Waals surface area contributed by atoms with Gasteiger partial charge < -0.3 is 24.3 Å². The molecule has 3 fully saturated rings. The molecule has 4 aromatic rings. The predicted molar refractivity (Wildman–Crippen MR) is 134 cm³/mol. The first-order chi connectivity index (χ1) is 17.2. The summed E-state index contributed by atoms with van der Waals surface area (Å²) >= 11 is 6.72. The van der Waals surface area contributed by atoms with Crippen LogP contribution >= 0.6 is 11.6 Å². The minimum absolute atomic E-state index is 0.265. The zero-order valence-electron chi connectivity index (χ0n) is 19.0. The van der Waals surface area contributed by atoms with E-state index in [-0.39, 0.29) is 24.9 Å². The topological polar surface area (TPSA) is 76.6 Å². The lowest BCUT2D eigenvalue weighted by Gasteiger charge is -2.17. The van der Waals surface area contributed by atoms with Crippen LogP contribution in [0.15, 0.2) is 60.7 Å². The quantitative estimate of drug-likeness (QED) is 0.397. The van der Waals surface area contributed by atoms with E-state index in [1.807, 2.05) is 24.3 Å². The fourth-order valence-corrected chi connectivity index (χ4v) is 5.54. The number of aliphatic hydroxyl groups excluding tert-OH is 1. The van der Waals surface area contributed by atoms with Gasteiger partial charge in [0.2, 0.25) is 0 Å². The van der Waals surface area contributed by atoms with Crippen LogP contribution in [0.25, 0.3) is 33.4 Å². The highest BCUT2D eigenvalue weighted by Crippen LogP contribution is 2.49. The highest BCUT2D eigenvalue weighted by atomic mass is 35.5. The molecule has 2 aromatic carbocycles. The Balaban J connectivity index is 1.24. The Morgan fingerprint density at radius 3 is 2.40 bits per heavy atom. The number of rotatable bonds is 5. The molecule has 178 valence electrons. The average molecular weight is 489 g/mol. The standard InChI is InChI=1S/C28H25ClN2O4/c29-19-12-20-25(31-24(19)18-10-6-16(7-11-18)15-4-2-1-3-5-15)23(17-8-9-17)28(30-20)35-22-14-34-26-21(32)13-33-27(22)26/h1-7,10-12,17,21-22,26-27,30,32H,8-9,13-14H2/t21-,22-,26?,27-/m1/s1. The summed E-state index contributed by atoms with van der Waals surface area (Å²) in [5.74, 6) is 1.12. The number of ether oxygens (including phenoxy) is 3. The number of hydrogen-bond donors (Lipinski definition) is 2. The highest BCUT2D eigenvalue weighted by molar-refractivity contribution is 6.33. The zero-order chi connectivity index (χ0) is 23.5. The highest BCUT2D eigenvalue weighted by Gasteiger charge is 2.49. The van der Waals surface area contributed by atoms with E-state index in [1.54, 1.807) is 0 Å². The number of benzene rings is 2. The second kappa shape index (κ2) is 8.35. The molecule has 7 heteroatoms. The van der Waals surface area contributed by atoms with E-state index in [2.05, 4.69) is 41.4 Å². The molecule has 35 heavy (non-hydrogen) atoms. The largest absolute Gasteiger partial charge is 0.470 e. The van der Waals surface area contributed by atoms with Gasteiger partial charge in [-0.2, -0.15) is 0 Å². The van der Waals surface area contributed by atoms with Gasteiger partial charge in [-0.05, 0) is 36.0 Å². The van der Waals surface area contributed by atoms with Crippen LogP contribution in [0, 0.1) is 0 Å². The van der Waals surface area contributed by atoms with Crippen molar-refractivity contribution < 1.29 is 19.3 Å². The summed E-state index contributed by atoms with van der Waals surface area (Å²) in [5, 5.41) is 10.7.